The molecule has 0 aliphatic carbocycles. The highest BCUT2D eigenvalue weighted by molar-refractivity contribution is 6.30. The number of nitro groups is 1. The monoisotopic (exact) mass is 302 g/mol. The Hall–Kier alpha value is -2.40. The molecule has 0 saturated carbocycles. The number of hydrogen-bond donors (Lipinski definition) is 1. The van der Waals surface area contributed by atoms with Crippen molar-refractivity contribution < 1.29 is 9.72 Å². The molecule has 0 bridgehead atoms. The van der Waals surface area contributed by atoms with Crippen molar-refractivity contribution in [2.75, 3.05) is 5.32 Å². The Bertz CT molecular complexity index is 715. The summed E-state index contributed by atoms with van der Waals surface area (Å²) in [7, 11) is 0. The fourth-order valence-electron chi connectivity index (χ4n) is 2.53. The first-order chi connectivity index (χ1) is 10.1. The van der Waals surface area contributed by atoms with Gasteiger partial charge in [-0.2, -0.15) is 0 Å². The van der Waals surface area contributed by atoms with Gasteiger partial charge in [0.1, 0.15) is 6.04 Å². The van der Waals surface area contributed by atoms with Gasteiger partial charge in [-0.1, -0.05) is 35.9 Å². The van der Waals surface area contributed by atoms with Crippen LogP contribution in [0.4, 0.5) is 5.69 Å². The minimum Gasteiger partial charge on any atom is -0.371 e. The van der Waals surface area contributed by atoms with Crippen molar-refractivity contribution >= 4 is 23.1 Å². The molecule has 1 N–H and O–H groups in total. The van der Waals surface area contributed by atoms with E-state index in [9.17, 15) is 14.9 Å². The van der Waals surface area contributed by atoms with E-state index in [0.717, 1.165) is 0 Å². The van der Waals surface area contributed by atoms with E-state index in [0.29, 0.717) is 21.8 Å². The summed E-state index contributed by atoms with van der Waals surface area (Å²) in [5, 5.41) is 15.0. The van der Waals surface area contributed by atoms with Crippen LogP contribution in [0.25, 0.3) is 0 Å². The van der Waals surface area contributed by atoms with Gasteiger partial charge in [-0.3, -0.25) is 14.9 Å². The first-order valence-corrected chi connectivity index (χ1v) is 6.74. The van der Waals surface area contributed by atoms with Gasteiger partial charge < -0.3 is 5.32 Å². The van der Waals surface area contributed by atoms with Crippen LogP contribution in [0.1, 0.15) is 22.0 Å². The molecular weight excluding hydrogens is 292 g/mol. The average Bonchev–Trinajstić information content (AvgIpc) is 2.47. The third-order valence-electron chi connectivity index (χ3n) is 3.54. The average molecular weight is 303 g/mol. The van der Waals surface area contributed by atoms with Gasteiger partial charge in [0.25, 0.3) is 6.04 Å². The lowest BCUT2D eigenvalue weighted by Gasteiger charge is -2.28. The Labute approximate surface area is 125 Å². The summed E-state index contributed by atoms with van der Waals surface area (Å²) in [6.07, 6.45) is 0. The lowest BCUT2D eigenvalue weighted by Crippen LogP contribution is -2.43. The zero-order valence-electron chi connectivity index (χ0n) is 10.8. The highest BCUT2D eigenvalue weighted by Gasteiger charge is 2.44. The van der Waals surface area contributed by atoms with Gasteiger partial charge in [0, 0.05) is 21.2 Å². The summed E-state index contributed by atoms with van der Waals surface area (Å²) in [4.78, 5) is 23.2. The molecule has 0 radical (unpaired) electrons. The minimum absolute atomic E-state index is 0.351. The van der Waals surface area contributed by atoms with Crippen molar-refractivity contribution in [3.8, 4) is 0 Å². The highest BCUT2D eigenvalue weighted by atomic mass is 35.5. The molecule has 0 aromatic heterocycles. The van der Waals surface area contributed by atoms with E-state index in [1.54, 1.807) is 48.5 Å². The maximum Gasteiger partial charge on any atom is 0.298 e. The largest absolute Gasteiger partial charge is 0.371 e. The molecule has 2 aromatic carbocycles. The molecule has 6 heteroatoms. The number of nitrogens with zero attached hydrogens (tertiary/aromatic N) is 1. The number of rotatable bonds is 2. The van der Waals surface area contributed by atoms with Crippen LogP contribution >= 0.6 is 11.6 Å². The Kier molecular flexibility index (Phi) is 3.35. The number of fused-ring (bicyclic) bond motifs is 1. The minimum atomic E-state index is -1.35. The number of ketones is 1. The summed E-state index contributed by atoms with van der Waals surface area (Å²) in [5.74, 6) is -0.477. The number of Topliss-reactive ketones (excluding diaryl/α,β-unsaturated/α-hetero) is 1. The van der Waals surface area contributed by atoms with Crippen LogP contribution in [0.3, 0.4) is 0 Å². The van der Waals surface area contributed by atoms with E-state index in [1.165, 1.54) is 0 Å². The van der Waals surface area contributed by atoms with Gasteiger partial charge in [0.2, 0.25) is 5.78 Å². The molecule has 21 heavy (non-hydrogen) atoms. The summed E-state index contributed by atoms with van der Waals surface area (Å²) in [6, 6.07) is 11.4. The van der Waals surface area contributed by atoms with E-state index >= 15 is 0 Å². The molecule has 0 amide bonds. The van der Waals surface area contributed by atoms with Crippen molar-refractivity contribution in [3.63, 3.8) is 0 Å². The van der Waals surface area contributed by atoms with Gasteiger partial charge >= 0.3 is 0 Å². The van der Waals surface area contributed by atoms with E-state index in [2.05, 4.69) is 5.32 Å². The van der Waals surface area contributed by atoms with E-state index in [4.69, 9.17) is 11.6 Å². The Morgan fingerprint density at radius 1 is 1.10 bits per heavy atom. The molecule has 1 aliphatic heterocycles. The molecule has 106 valence electrons. The van der Waals surface area contributed by atoms with Gasteiger partial charge in [-0.25, -0.2) is 0 Å². The number of hydrogen-bond acceptors (Lipinski definition) is 4. The molecule has 2 atom stereocenters. The first-order valence-electron chi connectivity index (χ1n) is 6.36. The van der Waals surface area contributed by atoms with Gasteiger partial charge in [0.15, 0.2) is 0 Å². The van der Waals surface area contributed by atoms with Crippen LogP contribution in [0.15, 0.2) is 48.5 Å². The van der Waals surface area contributed by atoms with Crippen molar-refractivity contribution in [1.29, 1.82) is 0 Å². The molecule has 0 fully saturated rings. The zero-order chi connectivity index (χ0) is 15.0. The number of para-hydroxylation sites is 1. The van der Waals surface area contributed by atoms with Gasteiger partial charge in [0.05, 0.1) is 0 Å². The highest BCUT2D eigenvalue weighted by Crippen LogP contribution is 2.34. The molecular formula is C15H11ClN2O3. The second kappa shape index (κ2) is 5.18. The van der Waals surface area contributed by atoms with Crippen LogP contribution in [0.2, 0.25) is 5.02 Å². The maximum absolute atomic E-state index is 12.4. The predicted molar refractivity (Wildman–Crippen MR) is 79.4 cm³/mol. The standard InChI is InChI=1S/C15H11ClN2O3/c16-10-7-5-9(6-8-10)13-14(18(20)21)15(19)11-3-1-2-4-12(11)17-13/h1-8,13-14,17H/t13-,14-/m0/s1. The quantitative estimate of drug-likeness (QED) is 0.682. The molecule has 1 heterocycles. The summed E-state index contributed by atoms with van der Waals surface area (Å²) in [6.45, 7) is 0. The molecule has 0 saturated heterocycles. The SMILES string of the molecule is O=C1c2ccccc2N[C@@H](c2ccc(Cl)cc2)[C@@H]1[N+](=O)[O-]. The second-order valence-electron chi connectivity index (χ2n) is 4.81. The molecule has 0 unspecified atom stereocenters. The third-order valence-corrected chi connectivity index (χ3v) is 3.80. The van der Waals surface area contributed by atoms with Gasteiger partial charge in [-0.05, 0) is 29.8 Å². The Morgan fingerprint density at radius 3 is 2.43 bits per heavy atom. The van der Waals surface area contributed by atoms with E-state index in [1.807, 2.05) is 0 Å². The van der Waals surface area contributed by atoms with Crippen LogP contribution in [0.5, 0.6) is 0 Å². The number of benzene rings is 2. The molecule has 0 spiro atoms. The zero-order valence-corrected chi connectivity index (χ0v) is 11.6. The van der Waals surface area contributed by atoms with E-state index < -0.39 is 22.8 Å². The number of carbonyl (C=O) groups excluding carboxylic acids is 1. The van der Waals surface area contributed by atoms with Crippen LogP contribution < -0.4 is 5.32 Å². The third kappa shape index (κ3) is 2.36. The normalized spacial score (nSPS) is 20.5. The van der Waals surface area contributed by atoms with Crippen molar-refractivity contribution in [2.45, 2.75) is 12.1 Å². The van der Waals surface area contributed by atoms with Gasteiger partial charge in [-0.15, -0.1) is 0 Å². The molecule has 3 rings (SSSR count). The van der Waals surface area contributed by atoms with Crippen LogP contribution in [0, 0.1) is 10.1 Å². The molecule has 2 aromatic rings. The summed E-state index contributed by atoms with van der Waals surface area (Å²) in [5.41, 5.74) is 1.62. The number of carbonyl (C=O) groups is 1. The van der Waals surface area contributed by atoms with Crippen LogP contribution in [-0.2, 0) is 0 Å². The number of nitrogens with one attached hydrogen (secondary N) is 1. The van der Waals surface area contributed by atoms with Crippen molar-refractivity contribution in [1.82, 2.24) is 0 Å². The summed E-state index contributed by atoms with van der Waals surface area (Å²) < 4.78 is 0. The fraction of sp³-hybridized carbons (Fsp3) is 0.133. The first kappa shape index (κ1) is 13.6. The summed E-state index contributed by atoms with van der Waals surface area (Å²) >= 11 is 5.84. The molecule has 1 aliphatic rings. The maximum atomic E-state index is 12.4. The predicted octanol–water partition coefficient (Wildman–Crippen LogP) is 3.33. The Balaban J connectivity index is 2.09. The topological polar surface area (TPSA) is 72.2 Å². The van der Waals surface area contributed by atoms with E-state index in [-0.39, 0.29) is 0 Å². The lowest BCUT2D eigenvalue weighted by atomic mass is 9.88. The Morgan fingerprint density at radius 2 is 1.76 bits per heavy atom. The molecule has 5 nitrogen and oxygen atoms in total. The van der Waals surface area contributed by atoms with Crippen molar-refractivity contribution in [3.05, 3.63) is 74.8 Å². The van der Waals surface area contributed by atoms with Crippen LogP contribution in [-0.4, -0.2) is 16.7 Å². The second-order valence-corrected chi connectivity index (χ2v) is 5.25. The fourth-order valence-corrected chi connectivity index (χ4v) is 2.66. The lowest BCUT2D eigenvalue weighted by molar-refractivity contribution is -0.508. The van der Waals surface area contributed by atoms with Crippen molar-refractivity contribution in [2.24, 2.45) is 0 Å². The number of halogens is 1. The smallest absolute Gasteiger partial charge is 0.298 e. The number of anilines is 1.